The lowest BCUT2D eigenvalue weighted by atomic mass is 10.1. The van der Waals surface area contributed by atoms with Crippen molar-refractivity contribution in [2.24, 2.45) is 0 Å². The zero-order valence-electron chi connectivity index (χ0n) is 21.9. The average molecular weight is 552 g/mol. The van der Waals surface area contributed by atoms with E-state index in [0.717, 1.165) is 27.7 Å². The molecule has 41 heavy (non-hydrogen) atoms. The molecule has 5 aromatic heterocycles. The predicted molar refractivity (Wildman–Crippen MR) is 163 cm³/mol. The van der Waals surface area contributed by atoms with Gasteiger partial charge in [-0.3, -0.25) is 0 Å². The van der Waals surface area contributed by atoms with Crippen molar-refractivity contribution in [1.29, 1.82) is 0 Å². The predicted octanol–water partition coefficient (Wildman–Crippen LogP) is 9.70. The molecule has 0 atom stereocenters. The molecule has 0 saturated carbocycles. The number of aromatic nitrogens is 3. The lowest BCUT2D eigenvalue weighted by Gasteiger charge is -2.09. The molecule has 7 heteroatoms. The molecule has 3 aromatic carbocycles. The highest BCUT2D eigenvalue weighted by Crippen LogP contribution is 2.40. The average Bonchev–Trinajstić information content (AvgIpc) is 3.56. The second kappa shape index (κ2) is 9.43. The maximum absolute atomic E-state index is 6.17. The molecule has 0 aliphatic carbocycles. The van der Waals surface area contributed by atoms with Crippen LogP contribution in [0.4, 0.5) is 0 Å². The zero-order valence-corrected chi connectivity index (χ0v) is 22.7. The molecule has 5 heterocycles. The Hall–Kier alpha value is -5.27. The molecule has 0 radical (unpaired) electrons. The second-order valence-corrected chi connectivity index (χ2v) is 10.8. The monoisotopic (exact) mass is 551 g/mol. The molecule has 0 unspecified atom stereocenters. The van der Waals surface area contributed by atoms with Gasteiger partial charge in [-0.05, 0) is 37.3 Å². The van der Waals surface area contributed by atoms with Crippen molar-refractivity contribution < 1.29 is 13.9 Å². The van der Waals surface area contributed by atoms with Gasteiger partial charge in [-0.25, -0.2) is 9.97 Å². The van der Waals surface area contributed by atoms with Gasteiger partial charge >= 0.3 is 0 Å². The number of pyridine rings is 3. The number of hydrogen-bond acceptors (Lipinski definition) is 7. The number of thiophene rings is 1. The molecule has 0 spiro atoms. The van der Waals surface area contributed by atoms with Crippen molar-refractivity contribution in [3.8, 4) is 34.6 Å². The van der Waals surface area contributed by atoms with E-state index in [4.69, 9.17) is 18.9 Å². The van der Waals surface area contributed by atoms with Crippen LogP contribution in [0.15, 0.2) is 114 Å². The first-order valence-corrected chi connectivity index (χ1v) is 14.0. The van der Waals surface area contributed by atoms with E-state index in [1.165, 1.54) is 20.2 Å². The third-order valence-electron chi connectivity index (χ3n) is 6.99. The molecule has 0 N–H and O–H groups in total. The number of fused-ring (bicyclic) bond motifs is 6. The van der Waals surface area contributed by atoms with Gasteiger partial charge in [0.2, 0.25) is 23.4 Å². The minimum absolute atomic E-state index is 0.376. The summed E-state index contributed by atoms with van der Waals surface area (Å²) in [4.78, 5) is 13.9. The maximum atomic E-state index is 6.17. The van der Waals surface area contributed by atoms with E-state index in [0.29, 0.717) is 34.7 Å². The smallest absolute Gasteiger partial charge is 0.227 e. The Morgan fingerprint density at radius 3 is 2.24 bits per heavy atom. The number of benzene rings is 3. The van der Waals surface area contributed by atoms with Gasteiger partial charge in [0.05, 0.1) is 5.69 Å². The van der Waals surface area contributed by atoms with E-state index in [2.05, 4.69) is 52.4 Å². The lowest BCUT2D eigenvalue weighted by Crippen LogP contribution is -1.94. The van der Waals surface area contributed by atoms with E-state index < -0.39 is 0 Å². The largest absolute Gasteiger partial charge is 0.435 e. The van der Waals surface area contributed by atoms with Crippen LogP contribution in [-0.4, -0.2) is 15.0 Å². The first-order chi connectivity index (χ1) is 20.2. The van der Waals surface area contributed by atoms with Gasteiger partial charge in [-0.2, -0.15) is 4.98 Å². The van der Waals surface area contributed by atoms with Crippen LogP contribution in [0, 0.1) is 6.92 Å². The van der Waals surface area contributed by atoms with Crippen LogP contribution in [0.25, 0.3) is 53.5 Å². The third kappa shape index (κ3) is 4.15. The molecule has 0 aliphatic rings. The summed E-state index contributed by atoms with van der Waals surface area (Å²) in [6.07, 6.45) is 0. The van der Waals surface area contributed by atoms with E-state index in [-0.39, 0.29) is 0 Å². The molecule has 8 rings (SSSR count). The Morgan fingerprint density at radius 2 is 1.32 bits per heavy atom. The fourth-order valence-corrected chi connectivity index (χ4v) is 6.35. The molecule has 6 nitrogen and oxygen atoms in total. The Kier molecular flexibility index (Phi) is 5.43. The zero-order chi connectivity index (χ0) is 27.3. The molecular formula is C34H21N3O3S. The minimum atomic E-state index is 0.376. The molecule has 0 bridgehead atoms. The maximum Gasteiger partial charge on any atom is 0.227 e. The molecule has 0 aliphatic heterocycles. The number of hydrogen-bond donors (Lipinski definition) is 0. The van der Waals surface area contributed by atoms with Gasteiger partial charge < -0.3 is 13.9 Å². The molecule has 0 saturated heterocycles. The quantitative estimate of drug-likeness (QED) is 0.212. The number of para-hydroxylation sites is 1. The Balaban J connectivity index is 1.10. The van der Waals surface area contributed by atoms with Crippen LogP contribution in [-0.2, 0) is 0 Å². The Labute approximate surface area is 238 Å². The first-order valence-electron chi connectivity index (χ1n) is 13.2. The van der Waals surface area contributed by atoms with Crippen molar-refractivity contribution in [2.75, 3.05) is 0 Å². The van der Waals surface area contributed by atoms with Gasteiger partial charge in [0.15, 0.2) is 11.3 Å². The number of furan rings is 1. The molecule has 196 valence electrons. The Morgan fingerprint density at radius 1 is 0.585 bits per heavy atom. The van der Waals surface area contributed by atoms with Gasteiger partial charge in [-0.15, -0.1) is 11.3 Å². The van der Waals surface area contributed by atoms with Crippen LogP contribution in [0.5, 0.6) is 23.4 Å². The molecule has 0 fully saturated rings. The van der Waals surface area contributed by atoms with E-state index in [1.54, 1.807) is 23.5 Å². The Bertz CT molecular complexity index is 2250. The fourth-order valence-electron chi connectivity index (χ4n) is 5.13. The summed E-state index contributed by atoms with van der Waals surface area (Å²) in [5.41, 5.74) is 4.01. The van der Waals surface area contributed by atoms with E-state index >= 15 is 0 Å². The van der Waals surface area contributed by atoms with Crippen LogP contribution in [0.1, 0.15) is 5.69 Å². The van der Waals surface area contributed by atoms with Crippen molar-refractivity contribution in [1.82, 2.24) is 15.0 Å². The highest BCUT2D eigenvalue weighted by Gasteiger charge is 2.15. The molecular weight excluding hydrogens is 530 g/mol. The number of rotatable bonds is 5. The highest BCUT2D eigenvalue weighted by atomic mass is 32.1. The first kappa shape index (κ1) is 23.6. The van der Waals surface area contributed by atoms with Gasteiger partial charge in [0.1, 0.15) is 0 Å². The number of aryl methyl sites for hydroxylation is 1. The standard InChI is InChI=1S/C34H21N3O3S/c1-20-18-19-24-22-9-5-13-27(32(22)40-34(24)35-20)38-30-16-7-17-31(37-30)39-29-15-6-12-26(36-29)25-11-4-10-23-21-8-2-3-14-28(21)41-33(23)25/h2-19H,1H3. The summed E-state index contributed by atoms with van der Waals surface area (Å²) in [5.74, 6) is 1.76. The summed E-state index contributed by atoms with van der Waals surface area (Å²) < 4.78 is 20.8. The lowest BCUT2D eigenvalue weighted by molar-refractivity contribution is 0.416. The van der Waals surface area contributed by atoms with Crippen LogP contribution >= 0.6 is 11.3 Å². The van der Waals surface area contributed by atoms with Crippen molar-refractivity contribution >= 4 is 53.6 Å². The van der Waals surface area contributed by atoms with Gasteiger partial charge in [0.25, 0.3) is 0 Å². The number of nitrogens with zero attached hydrogens (tertiary/aromatic N) is 3. The summed E-state index contributed by atoms with van der Waals surface area (Å²) in [5, 5.41) is 4.37. The summed E-state index contributed by atoms with van der Waals surface area (Å²) in [6, 6.07) is 35.8. The summed E-state index contributed by atoms with van der Waals surface area (Å²) in [6.45, 7) is 1.94. The topological polar surface area (TPSA) is 70.3 Å². The van der Waals surface area contributed by atoms with Crippen molar-refractivity contribution in [3.63, 3.8) is 0 Å². The highest BCUT2D eigenvalue weighted by molar-refractivity contribution is 7.26. The van der Waals surface area contributed by atoms with Crippen molar-refractivity contribution in [2.45, 2.75) is 6.92 Å². The van der Waals surface area contributed by atoms with Gasteiger partial charge in [0, 0.05) is 60.4 Å². The minimum Gasteiger partial charge on any atom is -0.435 e. The third-order valence-corrected chi connectivity index (χ3v) is 8.21. The molecule has 0 amide bonds. The van der Waals surface area contributed by atoms with Gasteiger partial charge in [-0.1, -0.05) is 60.7 Å². The van der Waals surface area contributed by atoms with E-state index in [1.807, 2.05) is 61.5 Å². The fraction of sp³-hybridized carbons (Fsp3) is 0.0294. The summed E-state index contributed by atoms with van der Waals surface area (Å²) in [7, 11) is 0. The SMILES string of the molecule is Cc1ccc2c(n1)oc1c(Oc3cccc(Oc4cccc(-c5cccc6c5sc5ccccc56)n4)n3)cccc12. The molecule has 8 aromatic rings. The second-order valence-electron chi connectivity index (χ2n) is 9.70. The van der Waals surface area contributed by atoms with Crippen LogP contribution in [0.3, 0.4) is 0 Å². The number of ether oxygens (including phenoxy) is 2. The van der Waals surface area contributed by atoms with E-state index in [9.17, 15) is 0 Å². The van der Waals surface area contributed by atoms with Crippen LogP contribution < -0.4 is 9.47 Å². The van der Waals surface area contributed by atoms with Crippen LogP contribution in [0.2, 0.25) is 0 Å². The van der Waals surface area contributed by atoms with Crippen molar-refractivity contribution in [3.05, 3.63) is 115 Å². The summed E-state index contributed by atoms with van der Waals surface area (Å²) >= 11 is 1.78. The normalized spacial score (nSPS) is 11.5.